The molecule has 0 unspecified atom stereocenters. The lowest BCUT2D eigenvalue weighted by molar-refractivity contribution is -0.473. The van der Waals surface area contributed by atoms with Crippen molar-refractivity contribution in [3.63, 3.8) is 0 Å². The molecule has 0 aromatic heterocycles. The third-order valence-corrected chi connectivity index (χ3v) is 3.45. The van der Waals surface area contributed by atoms with Gasteiger partial charge in [0, 0.05) is 0 Å². The van der Waals surface area contributed by atoms with Gasteiger partial charge in [-0.05, 0) is 0 Å². The Balaban J connectivity index is 3.72. The average Bonchev–Trinajstić information content (AvgIpc) is 2.14. The number of hydrogen-bond donors (Lipinski definition) is 2. The van der Waals surface area contributed by atoms with Crippen molar-refractivity contribution in [1.29, 1.82) is 0 Å². The second-order valence-corrected chi connectivity index (χ2v) is 4.87. The zero-order valence-electron chi connectivity index (χ0n) is 7.67. The molecule has 108 valence electrons. The van der Waals surface area contributed by atoms with Gasteiger partial charge in [0.05, 0.1) is 0 Å². The largest absolute Gasteiger partial charge is 0.384 e. The minimum atomic E-state index is -6.79. The summed E-state index contributed by atoms with van der Waals surface area (Å²) in [7, 11) is 0. The summed E-state index contributed by atoms with van der Waals surface area (Å²) in [6.07, 6.45) is 0. The van der Waals surface area contributed by atoms with E-state index in [1.165, 1.54) is 0 Å². The predicted octanol–water partition coefficient (Wildman–Crippen LogP) is 2.40. The smallest absolute Gasteiger partial charge is 0.358 e. The molecule has 0 aliphatic heterocycles. The van der Waals surface area contributed by atoms with E-state index in [0.29, 0.717) is 0 Å². The summed E-state index contributed by atoms with van der Waals surface area (Å²) >= 11 is 8.75. The first-order valence-electron chi connectivity index (χ1n) is 3.84. The van der Waals surface area contributed by atoms with Gasteiger partial charge in [0.15, 0.2) is 0 Å². The maximum atomic E-state index is 12.9. The molecule has 0 bridgehead atoms. The molecule has 12 heteroatoms. The highest BCUT2D eigenvalue weighted by Gasteiger charge is 2.98. The maximum Gasteiger partial charge on any atom is 0.384 e. The van der Waals surface area contributed by atoms with Crippen molar-refractivity contribution < 1.29 is 45.3 Å². The van der Waals surface area contributed by atoms with Crippen LogP contribution >= 0.6 is 23.2 Å². The first kappa shape index (κ1) is 16.0. The summed E-state index contributed by atoms with van der Waals surface area (Å²) in [5.41, 5.74) is 0. The molecule has 1 rings (SSSR count). The Labute approximate surface area is 103 Å². The molecule has 1 aliphatic carbocycles. The number of alkyl halides is 10. The number of hydrogen-bond acceptors (Lipinski definition) is 2. The molecule has 0 heterocycles. The highest BCUT2D eigenvalue weighted by atomic mass is 35.5. The second kappa shape index (κ2) is 3.33. The molecule has 1 aliphatic rings. The van der Waals surface area contributed by atoms with E-state index in [-0.39, 0.29) is 0 Å². The number of halogens is 10. The molecule has 0 saturated heterocycles. The SMILES string of the molecule is OC1(O)C(F)(F)C(F)(F)C(F)(F)C(F)(F)C1(Cl)Cl. The summed E-state index contributed by atoms with van der Waals surface area (Å²) in [6, 6.07) is 0. The molecule has 0 amide bonds. The fourth-order valence-electron chi connectivity index (χ4n) is 1.23. The van der Waals surface area contributed by atoms with Crippen molar-refractivity contribution >= 4 is 23.2 Å². The quantitative estimate of drug-likeness (QED) is 0.407. The Morgan fingerprint density at radius 1 is 0.556 bits per heavy atom. The van der Waals surface area contributed by atoms with E-state index in [9.17, 15) is 35.1 Å². The van der Waals surface area contributed by atoms with E-state index in [2.05, 4.69) is 23.2 Å². The zero-order valence-corrected chi connectivity index (χ0v) is 9.19. The molecule has 0 aromatic carbocycles. The van der Waals surface area contributed by atoms with Crippen LogP contribution in [0.25, 0.3) is 0 Å². The van der Waals surface area contributed by atoms with Gasteiger partial charge in [0.25, 0.3) is 5.79 Å². The molecule has 1 saturated carbocycles. The van der Waals surface area contributed by atoms with E-state index in [1.54, 1.807) is 0 Å². The Kier molecular flexibility index (Phi) is 2.96. The van der Waals surface area contributed by atoms with Crippen LogP contribution in [-0.2, 0) is 0 Å². The van der Waals surface area contributed by atoms with Crippen LogP contribution in [0.15, 0.2) is 0 Å². The van der Waals surface area contributed by atoms with Crippen molar-refractivity contribution in [2.45, 2.75) is 33.8 Å². The maximum absolute atomic E-state index is 12.9. The lowest BCUT2D eigenvalue weighted by atomic mass is 9.80. The monoisotopic (exact) mass is 328 g/mol. The predicted molar refractivity (Wildman–Crippen MR) is 41.4 cm³/mol. The molecular weight excluding hydrogens is 327 g/mol. The van der Waals surface area contributed by atoms with Crippen LogP contribution in [-0.4, -0.2) is 44.0 Å². The van der Waals surface area contributed by atoms with Gasteiger partial charge in [-0.3, -0.25) is 0 Å². The van der Waals surface area contributed by atoms with Gasteiger partial charge in [-0.1, -0.05) is 23.2 Å². The lowest BCUT2D eigenvalue weighted by Gasteiger charge is -2.53. The van der Waals surface area contributed by atoms with Crippen LogP contribution in [0.2, 0.25) is 0 Å². The molecule has 0 radical (unpaired) electrons. The van der Waals surface area contributed by atoms with Crippen molar-refractivity contribution in [3.8, 4) is 0 Å². The van der Waals surface area contributed by atoms with Gasteiger partial charge in [0.1, 0.15) is 0 Å². The molecule has 2 nitrogen and oxygen atoms in total. The van der Waals surface area contributed by atoms with E-state index < -0.39 is 33.8 Å². The Morgan fingerprint density at radius 2 is 0.833 bits per heavy atom. The molecular formula is C6H2Cl2F8O2. The van der Waals surface area contributed by atoms with E-state index in [4.69, 9.17) is 10.2 Å². The standard InChI is InChI=1S/C6H2Cl2F8O2/c7-1(8)2(9,10)3(11,12)4(13,14)5(15,16)6(1,17)18/h17-18H. The molecule has 1 fully saturated rings. The fourth-order valence-corrected chi connectivity index (χ4v) is 1.70. The number of aliphatic hydroxyl groups is 2. The van der Waals surface area contributed by atoms with Crippen molar-refractivity contribution in [3.05, 3.63) is 0 Å². The molecule has 0 atom stereocenters. The van der Waals surface area contributed by atoms with Gasteiger partial charge in [-0.15, -0.1) is 0 Å². The first-order chi connectivity index (χ1) is 7.50. The lowest BCUT2D eigenvalue weighted by Crippen LogP contribution is -2.84. The van der Waals surface area contributed by atoms with Gasteiger partial charge < -0.3 is 10.2 Å². The summed E-state index contributed by atoms with van der Waals surface area (Å²) in [6.45, 7) is 0. The third kappa shape index (κ3) is 1.22. The summed E-state index contributed by atoms with van der Waals surface area (Å²) in [5, 5.41) is 17.2. The first-order valence-corrected chi connectivity index (χ1v) is 4.59. The highest BCUT2D eigenvalue weighted by Crippen LogP contribution is 2.68. The van der Waals surface area contributed by atoms with Crippen LogP contribution in [0.3, 0.4) is 0 Å². The average molecular weight is 329 g/mol. The zero-order chi connectivity index (χ0) is 15.0. The van der Waals surface area contributed by atoms with Crippen molar-refractivity contribution in [1.82, 2.24) is 0 Å². The topological polar surface area (TPSA) is 40.5 Å². The Bertz CT molecular complexity index is 263. The van der Waals surface area contributed by atoms with Gasteiger partial charge >= 0.3 is 23.7 Å². The molecule has 2 N–H and O–H groups in total. The second-order valence-electron chi connectivity index (χ2n) is 3.54. The molecule has 18 heavy (non-hydrogen) atoms. The molecule has 0 spiro atoms. The Morgan fingerprint density at radius 3 is 1.17 bits per heavy atom. The summed E-state index contributed by atoms with van der Waals surface area (Å²) < 4.78 is 97.5. The van der Waals surface area contributed by atoms with E-state index >= 15 is 0 Å². The van der Waals surface area contributed by atoms with Crippen LogP contribution in [0, 0.1) is 0 Å². The van der Waals surface area contributed by atoms with Crippen LogP contribution in [0.5, 0.6) is 0 Å². The minimum absolute atomic E-state index is 4.37. The molecule has 0 aromatic rings. The van der Waals surface area contributed by atoms with Crippen LogP contribution in [0.1, 0.15) is 0 Å². The third-order valence-electron chi connectivity index (χ3n) is 2.45. The van der Waals surface area contributed by atoms with E-state index in [1.807, 2.05) is 0 Å². The fraction of sp³-hybridized carbons (Fsp3) is 1.00. The minimum Gasteiger partial charge on any atom is -0.358 e. The highest BCUT2D eigenvalue weighted by molar-refractivity contribution is 6.50. The van der Waals surface area contributed by atoms with Gasteiger partial charge in [0.2, 0.25) is 4.33 Å². The van der Waals surface area contributed by atoms with Crippen molar-refractivity contribution in [2.24, 2.45) is 0 Å². The van der Waals surface area contributed by atoms with Crippen LogP contribution < -0.4 is 0 Å². The normalized spacial score (nSPS) is 34.0. The van der Waals surface area contributed by atoms with Gasteiger partial charge in [-0.25, -0.2) is 0 Å². The Hall–Kier alpha value is -0.0600. The number of rotatable bonds is 0. The van der Waals surface area contributed by atoms with Crippen molar-refractivity contribution in [2.75, 3.05) is 0 Å². The van der Waals surface area contributed by atoms with Gasteiger partial charge in [-0.2, -0.15) is 35.1 Å². The van der Waals surface area contributed by atoms with Crippen LogP contribution in [0.4, 0.5) is 35.1 Å². The summed E-state index contributed by atoms with van der Waals surface area (Å²) in [5.74, 6) is -31.6. The summed E-state index contributed by atoms with van der Waals surface area (Å²) in [4.78, 5) is 0. The van der Waals surface area contributed by atoms with E-state index in [0.717, 1.165) is 0 Å².